The van der Waals surface area contributed by atoms with Crippen molar-refractivity contribution in [3.05, 3.63) is 11.4 Å². The minimum Gasteiger partial charge on any atom is -0.384 e. The van der Waals surface area contributed by atoms with Crippen molar-refractivity contribution in [1.29, 1.82) is 0 Å². The molecule has 0 amide bonds. The maximum atomic E-state index is 12.5. The van der Waals surface area contributed by atoms with Crippen LogP contribution in [0.5, 0.6) is 0 Å². The highest BCUT2D eigenvalue weighted by Gasteiger charge is 2.34. The van der Waals surface area contributed by atoms with E-state index in [1.807, 2.05) is 0 Å². The van der Waals surface area contributed by atoms with E-state index in [2.05, 4.69) is 20.2 Å². The monoisotopic (exact) mass is 316 g/mol. The molecule has 1 aliphatic heterocycles. The Hall–Kier alpha value is -0.960. The number of sulfonamides is 1. The molecule has 1 aromatic rings. The minimum atomic E-state index is -3.55. The summed E-state index contributed by atoms with van der Waals surface area (Å²) in [6.07, 6.45) is 1.79. The molecule has 8 heteroatoms. The van der Waals surface area contributed by atoms with Crippen LogP contribution in [0.3, 0.4) is 0 Å². The van der Waals surface area contributed by atoms with E-state index in [-0.39, 0.29) is 10.3 Å². The number of nitrogens with zero attached hydrogens (tertiary/aromatic N) is 1. The van der Waals surface area contributed by atoms with Gasteiger partial charge in [0.25, 0.3) is 0 Å². The quantitative estimate of drug-likeness (QED) is 0.702. The second kappa shape index (κ2) is 6.43. The number of aromatic amines is 1. The lowest BCUT2D eigenvalue weighted by atomic mass is 9.80. The van der Waals surface area contributed by atoms with E-state index < -0.39 is 10.0 Å². The molecule has 0 aliphatic carbocycles. The molecule has 0 atom stereocenters. The number of methoxy groups -OCH3 is 1. The highest BCUT2D eigenvalue weighted by atomic mass is 32.2. The van der Waals surface area contributed by atoms with Crippen LogP contribution >= 0.6 is 0 Å². The lowest BCUT2D eigenvalue weighted by molar-refractivity contribution is 0.0577. The molecule has 1 fully saturated rings. The first-order valence-electron chi connectivity index (χ1n) is 7.11. The van der Waals surface area contributed by atoms with Crippen LogP contribution in [0.2, 0.25) is 0 Å². The molecule has 0 aromatic carbocycles. The first-order chi connectivity index (χ1) is 9.90. The Balaban J connectivity index is 2.13. The van der Waals surface area contributed by atoms with E-state index in [0.29, 0.717) is 24.5 Å². The molecule has 2 rings (SSSR count). The van der Waals surface area contributed by atoms with Gasteiger partial charge in [0.15, 0.2) is 0 Å². The zero-order valence-corrected chi connectivity index (χ0v) is 13.6. The van der Waals surface area contributed by atoms with Crippen molar-refractivity contribution in [3.8, 4) is 0 Å². The third-order valence-electron chi connectivity index (χ3n) is 4.08. The molecule has 0 bridgehead atoms. The predicted molar refractivity (Wildman–Crippen MR) is 79.7 cm³/mol. The number of ether oxygens (including phenoxy) is 1. The zero-order valence-electron chi connectivity index (χ0n) is 12.8. The van der Waals surface area contributed by atoms with Gasteiger partial charge in [0, 0.05) is 19.1 Å². The molecular formula is C13H24N4O3S. The van der Waals surface area contributed by atoms with E-state index in [9.17, 15) is 8.42 Å². The van der Waals surface area contributed by atoms with Crippen LogP contribution in [0.1, 0.15) is 24.2 Å². The summed E-state index contributed by atoms with van der Waals surface area (Å²) in [5.41, 5.74) is 0.913. The van der Waals surface area contributed by atoms with Gasteiger partial charge in [-0.2, -0.15) is 5.10 Å². The highest BCUT2D eigenvalue weighted by molar-refractivity contribution is 7.89. The molecule has 0 radical (unpaired) electrons. The number of aryl methyl sites for hydroxylation is 2. The Morgan fingerprint density at radius 1 is 1.33 bits per heavy atom. The van der Waals surface area contributed by atoms with E-state index in [1.165, 1.54) is 0 Å². The maximum absolute atomic E-state index is 12.5. The lowest BCUT2D eigenvalue weighted by Gasteiger charge is -2.37. The number of H-pyrrole nitrogens is 1. The summed E-state index contributed by atoms with van der Waals surface area (Å²) < 4.78 is 33.0. The summed E-state index contributed by atoms with van der Waals surface area (Å²) in [6, 6.07) is 0. The van der Waals surface area contributed by atoms with Crippen LogP contribution in [0, 0.1) is 19.3 Å². The average Bonchev–Trinajstić information content (AvgIpc) is 2.78. The number of piperidine rings is 1. The summed E-state index contributed by atoms with van der Waals surface area (Å²) in [7, 11) is -1.90. The number of rotatable bonds is 6. The number of nitrogens with one attached hydrogen (secondary N) is 3. The van der Waals surface area contributed by atoms with Crippen molar-refractivity contribution < 1.29 is 13.2 Å². The zero-order chi connectivity index (χ0) is 15.5. The normalized spacial score (nSPS) is 18.8. The largest absolute Gasteiger partial charge is 0.384 e. The minimum absolute atomic E-state index is 0.140. The summed E-state index contributed by atoms with van der Waals surface area (Å²) in [5.74, 6) is 0. The molecule has 120 valence electrons. The Labute approximate surface area is 125 Å². The van der Waals surface area contributed by atoms with Crippen LogP contribution in [0.4, 0.5) is 0 Å². The van der Waals surface area contributed by atoms with E-state index >= 15 is 0 Å². The van der Waals surface area contributed by atoms with Crippen molar-refractivity contribution in [3.63, 3.8) is 0 Å². The topological polar surface area (TPSA) is 96.1 Å². The maximum Gasteiger partial charge on any atom is 0.244 e. The van der Waals surface area contributed by atoms with Crippen LogP contribution in [-0.2, 0) is 14.8 Å². The average molecular weight is 316 g/mol. The molecule has 7 nitrogen and oxygen atoms in total. The third-order valence-corrected chi connectivity index (χ3v) is 5.74. The third kappa shape index (κ3) is 3.63. The van der Waals surface area contributed by atoms with Crippen molar-refractivity contribution in [2.75, 3.05) is 33.4 Å². The molecule has 3 N–H and O–H groups in total. The van der Waals surface area contributed by atoms with Crippen LogP contribution in [0.25, 0.3) is 0 Å². The van der Waals surface area contributed by atoms with Gasteiger partial charge < -0.3 is 10.1 Å². The summed E-state index contributed by atoms with van der Waals surface area (Å²) in [4.78, 5) is 0.254. The van der Waals surface area contributed by atoms with Gasteiger partial charge in [0.1, 0.15) is 4.90 Å². The fraction of sp³-hybridized carbons (Fsp3) is 0.769. The van der Waals surface area contributed by atoms with Gasteiger partial charge in [-0.3, -0.25) is 5.10 Å². The Morgan fingerprint density at radius 3 is 2.52 bits per heavy atom. The van der Waals surface area contributed by atoms with Gasteiger partial charge in [0.2, 0.25) is 10.0 Å². The molecule has 21 heavy (non-hydrogen) atoms. The van der Waals surface area contributed by atoms with E-state index in [1.54, 1.807) is 21.0 Å². The van der Waals surface area contributed by atoms with Crippen LogP contribution in [-0.4, -0.2) is 52.0 Å². The summed E-state index contributed by atoms with van der Waals surface area (Å²) >= 11 is 0. The van der Waals surface area contributed by atoms with Crippen molar-refractivity contribution in [2.45, 2.75) is 31.6 Å². The van der Waals surface area contributed by atoms with Crippen molar-refractivity contribution in [1.82, 2.24) is 20.2 Å². The molecule has 1 saturated heterocycles. The number of hydrogen-bond donors (Lipinski definition) is 3. The van der Waals surface area contributed by atoms with Gasteiger partial charge in [-0.1, -0.05) is 0 Å². The first kappa shape index (κ1) is 16.4. The SMILES string of the molecule is COCC1(CNS(=O)(=O)c2c(C)n[nH]c2C)CCNCC1. The van der Waals surface area contributed by atoms with Crippen molar-refractivity contribution >= 4 is 10.0 Å². The smallest absolute Gasteiger partial charge is 0.244 e. The van der Waals surface area contributed by atoms with E-state index in [0.717, 1.165) is 25.9 Å². The second-order valence-electron chi connectivity index (χ2n) is 5.77. The van der Waals surface area contributed by atoms with Gasteiger partial charge >= 0.3 is 0 Å². The molecule has 0 saturated carbocycles. The number of hydrogen-bond acceptors (Lipinski definition) is 5. The molecular weight excluding hydrogens is 292 g/mol. The fourth-order valence-electron chi connectivity index (χ4n) is 2.89. The van der Waals surface area contributed by atoms with Gasteiger partial charge in [-0.25, -0.2) is 13.1 Å². The molecule has 2 heterocycles. The second-order valence-corrected chi connectivity index (χ2v) is 7.47. The molecule has 1 aromatic heterocycles. The summed E-state index contributed by atoms with van der Waals surface area (Å²) in [5, 5.41) is 9.96. The van der Waals surface area contributed by atoms with Gasteiger partial charge in [-0.05, 0) is 39.8 Å². The summed E-state index contributed by atoms with van der Waals surface area (Å²) in [6.45, 7) is 6.11. The van der Waals surface area contributed by atoms with E-state index in [4.69, 9.17) is 4.74 Å². The molecule has 1 aliphatic rings. The van der Waals surface area contributed by atoms with Gasteiger partial charge in [0.05, 0.1) is 18.0 Å². The van der Waals surface area contributed by atoms with Crippen molar-refractivity contribution in [2.24, 2.45) is 5.41 Å². The van der Waals surface area contributed by atoms with Crippen LogP contribution < -0.4 is 10.0 Å². The molecule has 0 unspecified atom stereocenters. The Morgan fingerprint density at radius 2 is 2.00 bits per heavy atom. The Kier molecular flexibility index (Phi) is 5.03. The first-order valence-corrected chi connectivity index (χ1v) is 8.59. The van der Waals surface area contributed by atoms with Gasteiger partial charge in [-0.15, -0.1) is 0 Å². The Bertz CT molecular complexity index is 551. The van der Waals surface area contributed by atoms with Crippen LogP contribution in [0.15, 0.2) is 4.90 Å². The fourth-order valence-corrected chi connectivity index (χ4v) is 4.42. The standard InChI is InChI=1S/C13H24N4O3S/c1-10-12(11(2)17-16-10)21(18,19)15-8-13(9-20-3)4-6-14-7-5-13/h14-15H,4-9H2,1-3H3,(H,16,17). The molecule has 0 spiro atoms. The lowest BCUT2D eigenvalue weighted by Crippen LogP contribution is -2.47. The highest BCUT2D eigenvalue weighted by Crippen LogP contribution is 2.29. The number of aromatic nitrogens is 2. The predicted octanol–water partition coefficient (Wildman–Crippen LogP) is 0.321.